The minimum atomic E-state index is -3.22. The average Bonchev–Trinajstić information content (AvgIpc) is 2.89. The minimum Gasteiger partial charge on any atom is -0.386 e. The molecule has 1 atom stereocenters. The standard InChI is InChI=1S/C14H23N3O4S/c1-22(19,20)10-14(18)13-8-12-9-16(4-5-17(12)15-13)11-2-6-21-7-3-11/h8,11,14,18H,2-7,9-10H2,1H3/t14-/m1/s1. The summed E-state index contributed by atoms with van der Waals surface area (Å²) in [6.45, 7) is 4.14. The monoisotopic (exact) mass is 329 g/mol. The third kappa shape index (κ3) is 3.68. The molecule has 1 aromatic heterocycles. The lowest BCUT2D eigenvalue weighted by atomic mass is 10.1. The first-order valence-corrected chi connectivity index (χ1v) is 9.72. The van der Waals surface area contributed by atoms with E-state index in [0.717, 1.165) is 57.6 Å². The van der Waals surface area contributed by atoms with Crippen molar-refractivity contribution in [2.45, 2.75) is 38.1 Å². The van der Waals surface area contributed by atoms with Gasteiger partial charge in [-0.2, -0.15) is 5.10 Å². The summed E-state index contributed by atoms with van der Waals surface area (Å²) in [7, 11) is -3.22. The molecule has 8 heteroatoms. The Labute approximate surface area is 130 Å². The maximum Gasteiger partial charge on any atom is 0.150 e. The Morgan fingerprint density at radius 3 is 2.82 bits per heavy atom. The Bertz CT molecular complexity index is 622. The molecule has 1 aromatic rings. The van der Waals surface area contributed by atoms with E-state index in [-0.39, 0.29) is 5.75 Å². The first-order valence-electron chi connectivity index (χ1n) is 7.66. The van der Waals surface area contributed by atoms with E-state index in [2.05, 4.69) is 10.00 Å². The summed E-state index contributed by atoms with van der Waals surface area (Å²) >= 11 is 0. The molecule has 0 bridgehead atoms. The highest BCUT2D eigenvalue weighted by atomic mass is 32.2. The van der Waals surface area contributed by atoms with Crippen LogP contribution < -0.4 is 0 Å². The summed E-state index contributed by atoms with van der Waals surface area (Å²) < 4.78 is 29.9. The fraction of sp³-hybridized carbons (Fsp3) is 0.786. The van der Waals surface area contributed by atoms with Crippen LogP contribution in [-0.2, 0) is 27.7 Å². The van der Waals surface area contributed by atoms with E-state index in [1.807, 2.05) is 10.7 Å². The lowest BCUT2D eigenvalue weighted by Gasteiger charge is -2.36. The van der Waals surface area contributed by atoms with E-state index >= 15 is 0 Å². The van der Waals surface area contributed by atoms with Gasteiger partial charge in [-0.3, -0.25) is 9.58 Å². The number of hydrogen-bond donors (Lipinski definition) is 1. The number of aliphatic hydroxyl groups is 1. The molecule has 124 valence electrons. The largest absolute Gasteiger partial charge is 0.386 e. The third-order valence-corrected chi connectivity index (χ3v) is 5.28. The van der Waals surface area contributed by atoms with Crippen LogP contribution in [0, 0.1) is 0 Å². The molecule has 0 aliphatic carbocycles. The van der Waals surface area contributed by atoms with Gasteiger partial charge in [0.1, 0.15) is 15.9 Å². The predicted octanol–water partition coefficient (Wildman–Crippen LogP) is -0.0443. The van der Waals surface area contributed by atoms with Crippen molar-refractivity contribution >= 4 is 9.84 Å². The molecule has 7 nitrogen and oxygen atoms in total. The van der Waals surface area contributed by atoms with Gasteiger partial charge in [-0.1, -0.05) is 0 Å². The van der Waals surface area contributed by atoms with Gasteiger partial charge in [0.15, 0.2) is 0 Å². The van der Waals surface area contributed by atoms with Gasteiger partial charge in [-0.05, 0) is 18.9 Å². The van der Waals surface area contributed by atoms with Gasteiger partial charge in [0.2, 0.25) is 0 Å². The molecular weight excluding hydrogens is 306 g/mol. The Balaban J connectivity index is 1.69. The zero-order chi connectivity index (χ0) is 15.7. The minimum absolute atomic E-state index is 0.285. The number of fused-ring (bicyclic) bond motifs is 1. The van der Waals surface area contributed by atoms with E-state index in [4.69, 9.17) is 4.74 Å². The number of rotatable bonds is 4. The van der Waals surface area contributed by atoms with Crippen LogP contribution in [-0.4, -0.2) is 66.0 Å². The first kappa shape index (κ1) is 15.9. The lowest BCUT2D eigenvalue weighted by molar-refractivity contribution is 0.0232. The van der Waals surface area contributed by atoms with Crippen molar-refractivity contribution in [1.29, 1.82) is 0 Å². The molecule has 2 aliphatic heterocycles. The van der Waals surface area contributed by atoms with Crippen LogP contribution in [0.15, 0.2) is 6.07 Å². The highest BCUT2D eigenvalue weighted by Gasteiger charge is 2.27. The average molecular weight is 329 g/mol. The van der Waals surface area contributed by atoms with Crippen molar-refractivity contribution in [3.8, 4) is 0 Å². The molecule has 0 aromatic carbocycles. The molecule has 1 saturated heterocycles. The molecule has 0 unspecified atom stereocenters. The normalized spacial score (nSPS) is 22.5. The van der Waals surface area contributed by atoms with E-state index < -0.39 is 15.9 Å². The number of aliphatic hydroxyl groups excluding tert-OH is 1. The highest BCUT2D eigenvalue weighted by molar-refractivity contribution is 7.90. The van der Waals surface area contributed by atoms with E-state index in [1.54, 1.807) is 0 Å². The Morgan fingerprint density at radius 2 is 2.14 bits per heavy atom. The van der Waals surface area contributed by atoms with Gasteiger partial charge in [0.25, 0.3) is 0 Å². The van der Waals surface area contributed by atoms with Crippen molar-refractivity contribution in [1.82, 2.24) is 14.7 Å². The molecular formula is C14H23N3O4S. The quantitative estimate of drug-likeness (QED) is 0.834. The predicted molar refractivity (Wildman–Crippen MR) is 81.1 cm³/mol. The van der Waals surface area contributed by atoms with Gasteiger partial charge < -0.3 is 9.84 Å². The van der Waals surface area contributed by atoms with E-state index in [9.17, 15) is 13.5 Å². The van der Waals surface area contributed by atoms with Crippen molar-refractivity contribution in [3.05, 3.63) is 17.5 Å². The van der Waals surface area contributed by atoms with Gasteiger partial charge >= 0.3 is 0 Å². The molecule has 0 amide bonds. The SMILES string of the molecule is CS(=O)(=O)C[C@@H](O)c1cc2n(n1)CCN(C1CCOCC1)C2. The van der Waals surface area contributed by atoms with Crippen molar-refractivity contribution < 1.29 is 18.3 Å². The van der Waals surface area contributed by atoms with Crippen molar-refractivity contribution in [3.63, 3.8) is 0 Å². The van der Waals surface area contributed by atoms with Gasteiger partial charge in [-0.15, -0.1) is 0 Å². The van der Waals surface area contributed by atoms with Crippen LogP contribution in [0.25, 0.3) is 0 Å². The molecule has 3 rings (SSSR count). The zero-order valence-electron chi connectivity index (χ0n) is 12.8. The summed E-state index contributed by atoms with van der Waals surface area (Å²) in [5.41, 5.74) is 1.49. The summed E-state index contributed by atoms with van der Waals surface area (Å²) in [4.78, 5) is 2.44. The number of ether oxygens (including phenoxy) is 1. The van der Waals surface area contributed by atoms with Crippen LogP contribution >= 0.6 is 0 Å². The van der Waals surface area contributed by atoms with E-state index in [0.29, 0.717) is 11.7 Å². The number of hydrogen-bond acceptors (Lipinski definition) is 6. The smallest absolute Gasteiger partial charge is 0.150 e. The molecule has 0 spiro atoms. The molecule has 22 heavy (non-hydrogen) atoms. The summed E-state index contributed by atoms with van der Waals surface area (Å²) in [5, 5.41) is 14.4. The summed E-state index contributed by atoms with van der Waals surface area (Å²) in [5.74, 6) is -0.285. The Hall–Kier alpha value is -0.960. The second kappa shape index (κ2) is 6.27. The highest BCUT2D eigenvalue weighted by Crippen LogP contribution is 2.23. The Morgan fingerprint density at radius 1 is 1.41 bits per heavy atom. The van der Waals surface area contributed by atoms with Crippen LogP contribution in [0.1, 0.15) is 30.3 Å². The fourth-order valence-corrected chi connectivity index (χ4v) is 3.95. The first-order chi connectivity index (χ1) is 10.4. The third-order valence-electron chi connectivity index (χ3n) is 4.36. The zero-order valence-corrected chi connectivity index (χ0v) is 13.6. The molecule has 1 fully saturated rings. The maximum absolute atomic E-state index is 11.3. The lowest BCUT2D eigenvalue weighted by Crippen LogP contribution is -2.43. The summed E-state index contributed by atoms with van der Waals surface area (Å²) in [6.07, 6.45) is 2.18. The van der Waals surface area contributed by atoms with Gasteiger partial charge in [-0.25, -0.2) is 8.42 Å². The van der Waals surface area contributed by atoms with Crippen LogP contribution in [0.4, 0.5) is 0 Å². The molecule has 0 radical (unpaired) electrons. The van der Waals surface area contributed by atoms with Gasteiger partial charge in [0.05, 0.1) is 23.7 Å². The topological polar surface area (TPSA) is 84.7 Å². The summed E-state index contributed by atoms with van der Waals surface area (Å²) in [6, 6.07) is 2.38. The molecule has 3 heterocycles. The molecule has 2 aliphatic rings. The van der Waals surface area contributed by atoms with Crippen LogP contribution in [0.5, 0.6) is 0 Å². The van der Waals surface area contributed by atoms with Crippen LogP contribution in [0.3, 0.4) is 0 Å². The van der Waals surface area contributed by atoms with E-state index in [1.165, 1.54) is 0 Å². The number of nitrogens with zero attached hydrogens (tertiary/aromatic N) is 3. The second-order valence-corrected chi connectivity index (χ2v) is 8.39. The maximum atomic E-state index is 11.3. The van der Waals surface area contributed by atoms with Crippen molar-refractivity contribution in [2.75, 3.05) is 31.8 Å². The van der Waals surface area contributed by atoms with Crippen molar-refractivity contribution in [2.24, 2.45) is 0 Å². The number of sulfone groups is 1. The second-order valence-electron chi connectivity index (χ2n) is 6.21. The molecule has 1 N–H and O–H groups in total. The fourth-order valence-electron chi connectivity index (χ4n) is 3.21. The number of aromatic nitrogens is 2. The van der Waals surface area contributed by atoms with Crippen LogP contribution in [0.2, 0.25) is 0 Å². The van der Waals surface area contributed by atoms with Gasteiger partial charge in [0, 0.05) is 38.6 Å². The Kier molecular flexibility index (Phi) is 4.54. The molecule has 0 saturated carbocycles.